The minimum Gasteiger partial charge on any atom is -0.323 e. The van der Waals surface area contributed by atoms with Gasteiger partial charge in [-0.1, -0.05) is 26.0 Å². The van der Waals surface area contributed by atoms with Crippen LogP contribution in [0.1, 0.15) is 38.8 Å². The number of hydrogen-bond acceptors (Lipinski definition) is 2. The summed E-state index contributed by atoms with van der Waals surface area (Å²) in [7, 11) is 2.09. The van der Waals surface area contributed by atoms with E-state index in [1.807, 2.05) is 0 Å². The molecule has 0 aromatic heterocycles. The Kier molecular flexibility index (Phi) is 5.76. The van der Waals surface area contributed by atoms with Crippen LogP contribution in [-0.4, -0.2) is 24.5 Å². The van der Waals surface area contributed by atoms with Crippen molar-refractivity contribution in [3.63, 3.8) is 0 Å². The van der Waals surface area contributed by atoms with Gasteiger partial charge >= 0.3 is 0 Å². The average molecular weight is 252 g/mol. The van der Waals surface area contributed by atoms with Gasteiger partial charge < -0.3 is 10.6 Å². The van der Waals surface area contributed by atoms with E-state index in [0.717, 1.165) is 18.5 Å². The summed E-state index contributed by atoms with van der Waals surface area (Å²) < 4.78 is 12.8. The summed E-state index contributed by atoms with van der Waals surface area (Å²) in [6.07, 6.45) is 1.16. The minimum absolute atomic E-state index is 0.0646. The van der Waals surface area contributed by atoms with Gasteiger partial charge in [0, 0.05) is 18.6 Å². The average Bonchev–Trinajstić information content (AvgIpc) is 2.28. The summed E-state index contributed by atoms with van der Waals surface area (Å²) >= 11 is 0. The molecule has 0 saturated carbocycles. The largest absolute Gasteiger partial charge is 0.323 e. The fourth-order valence-electron chi connectivity index (χ4n) is 2.17. The molecular formula is C15H25FN2. The number of nitrogens with two attached hydrogens (primary N) is 1. The third kappa shape index (κ3) is 4.75. The zero-order chi connectivity index (χ0) is 13.7. The Hall–Kier alpha value is -0.930. The third-order valence-corrected chi connectivity index (χ3v) is 3.35. The van der Waals surface area contributed by atoms with Gasteiger partial charge in [0.1, 0.15) is 5.82 Å². The van der Waals surface area contributed by atoms with Crippen LogP contribution in [0.4, 0.5) is 4.39 Å². The van der Waals surface area contributed by atoms with E-state index in [0.29, 0.717) is 12.0 Å². The summed E-state index contributed by atoms with van der Waals surface area (Å²) in [5, 5.41) is 0. The monoisotopic (exact) mass is 252 g/mol. The summed E-state index contributed by atoms with van der Waals surface area (Å²) in [5.74, 6) is 0.469. The quantitative estimate of drug-likeness (QED) is 0.842. The lowest BCUT2D eigenvalue weighted by Crippen LogP contribution is -2.36. The fraction of sp³-hybridized carbons (Fsp3) is 0.600. The van der Waals surface area contributed by atoms with Gasteiger partial charge in [-0.2, -0.15) is 0 Å². The molecule has 3 heteroatoms. The summed E-state index contributed by atoms with van der Waals surface area (Å²) in [5.41, 5.74) is 7.14. The molecule has 0 aliphatic carbocycles. The van der Waals surface area contributed by atoms with Crippen molar-refractivity contribution in [1.82, 2.24) is 4.90 Å². The number of rotatable bonds is 6. The van der Waals surface area contributed by atoms with Gasteiger partial charge in [-0.15, -0.1) is 0 Å². The molecule has 2 N–H and O–H groups in total. The molecular weight excluding hydrogens is 227 g/mol. The van der Waals surface area contributed by atoms with Crippen LogP contribution in [-0.2, 0) is 0 Å². The van der Waals surface area contributed by atoms with Crippen molar-refractivity contribution in [3.8, 4) is 0 Å². The van der Waals surface area contributed by atoms with E-state index in [9.17, 15) is 4.39 Å². The molecule has 0 spiro atoms. The number of nitrogens with zero attached hydrogens (tertiary/aromatic N) is 1. The molecule has 0 radical (unpaired) electrons. The van der Waals surface area contributed by atoms with Crippen molar-refractivity contribution in [2.24, 2.45) is 11.7 Å². The molecule has 2 unspecified atom stereocenters. The molecule has 102 valence electrons. The van der Waals surface area contributed by atoms with E-state index < -0.39 is 0 Å². The Morgan fingerprint density at radius 1 is 1.17 bits per heavy atom. The predicted molar refractivity (Wildman–Crippen MR) is 74.9 cm³/mol. The maximum Gasteiger partial charge on any atom is 0.123 e. The van der Waals surface area contributed by atoms with E-state index in [4.69, 9.17) is 5.73 Å². The molecule has 0 heterocycles. The van der Waals surface area contributed by atoms with Gasteiger partial charge in [-0.05, 0) is 44.0 Å². The molecule has 2 atom stereocenters. The van der Waals surface area contributed by atoms with Gasteiger partial charge in [-0.3, -0.25) is 0 Å². The normalized spacial score (nSPS) is 15.1. The molecule has 0 aliphatic heterocycles. The van der Waals surface area contributed by atoms with Crippen LogP contribution in [0.15, 0.2) is 24.3 Å². The highest BCUT2D eigenvalue weighted by Crippen LogP contribution is 2.15. The van der Waals surface area contributed by atoms with Crippen LogP contribution in [0.2, 0.25) is 0 Å². The zero-order valence-electron chi connectivity index (χ0n) is 11.9. The second-order valence-electron chi connectivity index (χ2n) is 5.58. The fourth-order valence-corrected chi connectivity index (χ4v) is 2.17. The second kappa shape index (κ2) is 6.86. The topological polar surface area (TPSA) is 29.3 Å². The summed E-state index contributed by atoms with van der Waals surface area (Å²) in [6, 6.07) is 6.91. The van der Waals surface area contributed by atoms with Crippen LogP contribution in [0.25, 0.3) is 0 Å². The molecule has 1 aromatic carbocycles. The first-order valence-corrected chi connectivity index (χ1v) is 6.61. The van der Waals surface area contributed by atoms with E-state index in [1.54, 1.807) is 12.1 Å². The molecule has 0 bridgehead atoms. The first kappa shape index (κ1) is 15.1. The van der Waals surface area contributed by atoms with E-state index in [1.165, 1.54) is 12.1 Å². The predicted octanol–water partition coefficient (Wildman–Crippen LogP) is 3.19. The van der Waals surface area contributed by atoms with Gasteiger partial charge in [0.2, 0.25) is 0 Å². The highest BCUT2D eigenvalue weighted by molar-refractivity contribution is 5.19. The number of hydrogen-bond donors (Lipinski definition) is 1. The molecule has 0 fully saturated rings. The first-order valence-electron chi connectivity index (χ1n) is 6.61. The van der Waals surface area contributed by atoms with Crippen LogP contribution in [0.3, 0.4) is 0 Å². The lowest BCUT2D eigenvalue weighted by Gasteiger charge is -2.28. The van der Waals surface area contributed by atoms with Crippen LogP contribution >= 0.6 is 0 Å². The smallest absolute Gasteiger partial charge is 0.123 e. The SMILES string of the molecule is CC(C)CC(C)N(C)CC(N)c1ccc(F)cc1. The highest BCUT2D eigenvalue weighted by Gasteiger charge is 2.15. The Morgan fingerprint density at radius 2 is 1.72 bits per heavy atom. The molecule has 1 aromatic rings. The van der Waals surface area contributed by atoms with Crippen molar-refractivity contribution >= 4 is 0 Å². The van der Waals surface area contributed by atoms with Gasteiger partial charge in [0.15, 0.2) is 0 Å². The van der Waals surface area contributed by atoms with Crippen LogP contribution in [0.5, 0.6) is 0 Å². The molecule has 0 amide bonds. The second-order valence-corrected chi connectivity index (χ2v) is 5.58. The van der Waals surface area contributed by atoms with E-state index in [-0.39, 0.29) is 11.9 Å². The molecule has 0 aliphatic rings. The lowest BCUT2D eigenvalue weighted by molar-refractivity contribution is 0.216. The standard InChI is InChI=1S/C15H25FN2/c1-11(2)9-12(3)18(4)10-15(17)13-5-7-14(16)8-6-13/h5-8,11-12,15H,9-10,17H2,1-4H3. The van der Waals surface area contributed by atoms with Crippen molar-refractivity contribution in [2.75, 3.05) is 13.6 Å². The van der Waals surface area contributed by atoms with Crippen molar-refractivity contribution in [3.05, 3.63) is 35.6 Å². The maximum atomic E-state index is 12.8. The Balaban J connectivity index is 2.53. The van der Waals surface area contributed by atoms with Crippen molar-refractivity contribution in [2.45, 2.75) is 39.3 Å². The van der Waals surface area contributed by atoms with Crippen molar-refractivity contribution < 1.29 is 4.39 Å². The Labute approximate surface area is 110 Å². The highest BCUT2D eigenvalue weighted by atomic mass is 19.1. The van der Waals surface area contributed by atoms with Crippen LogP contribution in [0, 0.1) is 11.7 Å². The Bertz CT molecular complexity index is 348. The zero-order valence-corrected chi connectivity index (χ0v) is 11.9. The third-order valence-electron chi connectivity index (χ3n) is 3.35. The van der Waals surface area contributed by atoms with Gasteiger partial charge in [-0.25, -0.2) is 4.39 Å². The lowest BCUT2D eigenvalue weighted by atomic mass is 10.0. The number of likely N-dealkylation sites (N-methyl/N-ethyl adjacent to an activating group) is 1. The summed E-state index contributed by atoms with van der Waals surface area (Å²) in [4.78, 5) is 2.27. The van der Waals surface area contributed by atoms with E-state index >= 15 is 0 Å². The van der Waals surface area contributed by atoms with Crippen molar-refractivity contribution in [1.29, 1.82) is 0 Å². The number of benzene rings is 1. The minimum atomic E-state index is -0.215. The van der Waals surface area contributed by atoms with Gasteiger partial charge in [0.25, 0.3) is 0 Å². The maximum absolute atomic E-state index is 12.8. The van der Waals surface area contributed by atoms with Gasteiger partial charge in [0.05, 0.1) is 0 Å². The number of halogens is 1. The first-order chi connectivity index (χ1) is 8.40. The van der Waals surface area contributed by atoms with Crippen LogP contribution < -0.4 is 5.73 Å². The summed E-state index contributed by atoms with van der Waals surface area (Å²) in [6.45, 7) is 7.46. The Morgan fingerprint density at radius 3 is 2.22 bits per heavy atom. The van der Waals surface area contributed by atoms with E-state index in [2.05, 4.69) is 32.7 Å². The molecule has 2 nitrogen and oxygen atoms in total. The molecule has 1 rings (SSSR count). The molecule has 18 heavy (non-hydrogen) atoms. The molecule has 0 saturated heterocycles.